The molecule has 284 valence electrons. The van der Waals surface area contributed by atoms with E-state index in [0.717, 1.165) is 56.9 Å². The predicted octanol–water partition coefficient (Wildman–Crippen LogP) is 9.13. The first kappa shape index (κ1) is 42.6. The van der Waals surface area contributed by atoms with Gasteiger partial charge in [-0.1, -0.05) is 88.6 Å². The van der Waals surface area contributed by atoms with Gasteiger partial charge < -0.3 is 20.6 Å². The summed E-state index contributed by atoms with van der Waals surface area (Å²) in [5, 5.41) is 14.9. The lowest BCUT2D eigenvalue weighted by atomic mass is 9.95. The summed E-state index contributed by atoms with van der Waals surface area (Å²) in [7, 11) is 0. The molecule has 0 saturated carbocycles. The molecule has 0 aliphatic carbocycles. The summed E-state index contributed by atoms with van der Waals surface area (Å²) < 4.78 is -0.696. The molecule has 2 saturated heterocycles. The summed E-state index contributed by atoms with van der Waals surface area (Å²) in [5.41, 5.74) is 7.39. The van der Waals surface area contributed by atoms with Crippen LogP contribution in [0.2, 0.25) is 0 Å². The number of β-lactam (4-membered cyclic amide) rings is 1. The van der Waals surface area contributed by atoms with Crippen LogP contribution < -0.4 is 10.6 Å². The van der Waals surface area contributed by atoms with Crippen molar-refractivity contribution in [3.8, 4) is 0 Å². The Morgan fingerprint density at radius 1 is 0.769 bits per heavy atom. The summed E-state index contributed by atoms with van der Waals surface area (Å²) in [6.45, 7) is 16.5. The van der Waals surface area contributed by atoms with Crippen molar-refractivity contribution in [2.45, 2.75) is 148 Å². The van der Waals surface area contributed by atoms with Crippen molar-refractivity contribution < 1.29 is 24.3 Å². The number of fused-ring (bicyclic) bond motifs is 1. The number of carboxylic acid groups (broad SMARTS) is 1. The Morgan fingerprint density at radius 2 is 1.27 bits per heavy atom. The number of hydrogen-bond acceptors (Lipinski definition) is 5. The molecule has 2 aliphatic rings. The molecule has 0 aromatic heterocycles. The topological polar surface area (TPSA) is 116 Å². The molecule has 3 rings (SSSR count). The minimum Gasteiger partial charge on any atom is -0.480 e. The lowest BCUT2D eigenvalue weighted by Gasteiger charge is -2.44. The molecule has 8 nitrogen and oxygen atoms in total. The van der Waals surface area contributed by atoms with Gasteiger partial charge in [0.2, 0.25) is 17.7 Å². The number of aliphatic carboxylic acids is 1. The van der Waals surface area contributed by atoms with Crippen LogP contribution in [-0.4, -0.2) is 55.9 Å². The molecule has 3 N–H and O–H groups in total. The monoisotopic (exact) mass is 731 g/mol. The number of rotatable bonds is 20. The van der Waals surface area contributed by atoms with Crippen molar-refractivity contribution in [3.05, 3.63) is 94.1 Å². The van der Waals surface area contributed by atoms with Gasteiger partial charge in [0, 0.05) is 11.2 Å². The Hall–Kier alpha value is -3.85. The second-order valence-corrected chi connectivity index (χ2v) is 16.9. The molecule has 0 spiro atoms. The van der Waals surface area contributed by atoms with Gasteiger partial charge in [0.05, 0.1) is 0 Å². The lowest BCUT2D eigenvalue weighted by Crippen LogP contribution is -2.71. The quantitative estimate of drug-likeness (QED) is 0.0700. The summed E-state index contributed by atoms with van der Waals surface area (Å²) in [4.78, 5) is 52.8. The fourth-order valence-electron chi connectivity index (χ4n) is 6.62. The molecule has 52 heavy (non-hydrogen) atoms. The number of nitrogens with zero attached hydrogens (tertiary/aromatic N) is 1. The molecule has 2 fully saturated rings. The molecule has 2 aliphatic heterocycles. The van der Waals surface area contributed by atoms with Gasteiger partial charge in [-0.25, -0.2) is 4.79 Å². The van der Waals surface area contributed by atoms with E-state index in [1.54, 1.807) is 38.1 Å². The Labute approximate surface area is 316 Å². The van der Waals surface area contributed by atoms with Crippen LogP contribution in [0, 0.1) is 0 Å². The van der Waals surface area contributed by atoms with Gasteiger partial charge in [-0.15, -0.1) is 11.8 Å². The van der Waals surface area contributed by atoms with E-state index in [2.05, 4.69) is 75.6 Å². The van der Waals surface area contributed by atoms with Crippen molar-refractivity contribution >= 4 is 35.5 Å². The number of unbranched alkanes of at least 4 members (excludes halogenated alkanes) is 1. The third kappa shape index (κ3) is 13.0. The number of hydrogen-bond donors (Lipinski definition) is 3. The molecule has 3 amide bonds. The summed E-state index contributed by atoms with van der Waals surface area (Å²) >= 11 is 1.37. The van der Waals surface area contributed by atoms with Gasteiger partial charge in [-0.05, 0) is 119 Å². The van der Waals surface area contributed by atoms with Gasteiger partial charge in [-0.2, -0.15) is 0 Å². The van der Waals surface area contributed by atoms with Crippen LogP contribution in [0.15, 0.2) is 88.6 Å². The lowest BCUT2D eigenvalue weighted by molar-refractivity contribution is -0.161. The second kappa shape index (κ2) is 20.4. The number of carboxylic acids is 1. The smallest absolute Gasteiger partial charge is 0.327 e. The van der Waals surface area contributed by atoms with Gasteiger partial charge in [0.1, 0.15) is 23.5 Å². The summed E-state index contributed by atoms with van der Waals surface area (Å²) in [6, 6.07) is 6.15. The fraction of sp³-hybridized carbons (Fsp3) is 0.535. The summed E-state index contributed by atoms with van der Waals surface area (Å²) in [5.74, 6) is -2.24. The maximum atomic E-state index is 13.5. The highest BCUT2D eigenvalue weighted by Crippen LogP contribution is 2.50. The molecule has 0 bridgehead atoms. The Kier molecular flexibility index (Phi) is 16.7. The first-order valence-corrected chi connectivity index (χ1v) is 19.6. The highest BCUT2D eigenvalue weighted by molar-refractivity contribution is 8.01. The zero-order valence-electron chi connectivity index (χ0n) is 32.6. The van der Waals surface area contributed by atoms with E-state index in [4.69, 9.17) is 0 Å². The highest BCUT2D eigenvalue weighted by atomic mass is 32.2. The van der Waals surface area contributed by atoms with Crippen LogP contribution >= 0.6 is 11.8 Å². The van der Waals surface area contributed by atoms with Gasteiger partial charge in [-0.3, -0.25) is 14.4 Å². The van der Waals surface area contributed by atoms with Gasteiger partial charge >= 0.3 is 5.97 Å². The number of thioether (sulfide) groups is 1. The number of allylic oxidation sites excluding steroid dienone is 10. The standard InChI is InChI=1S/C43H61N3O5S/c1-29(2)17-12-13-18-30(3)19-14-20-31(4)21-15-22-32(5)23-16-24-33(6)27-28-35(47)44-36(34-25-10-9-11-26-34)39(48)45-37-40(49)46-38(42(50)51)43(7,8)52-41(37)46/h9-11,17-18,20,22,24-26,36-38,41H,12-16,19,21,23,27-28H2,1-8H3,(H,44,47)(H,45,48)(H,50,51)/b30-18+,31-20+,32-22+,33-24+/t36-,37+,38-,41+/m0/s1. The van der Waals surface area contributed by atoms with Crippen LogP contribution in [0.25, 0.3) is 0 Å². The van der Waals surface area contributed by atoms with Crippen molar-refractivity contribution in [2.75, 3.05) is 0 Å². The first-order chi connectivity index (χ1) is 24.6. The minimum absolute atomic E-state index is 0.230. The third-order valence-corrected chi connectivity index (χ3v) is 11.3. The van der Waals surface area contributed by atoms with Gasteiger partial charge in [0.15, 0.2) is 0 Å². The van der Waals surface area contributed by atoms with E-state index in [1.807, 2.05) is 13.0 Å². The number of benzene rings is 1. The molecular formula is C43H61N3O5S. The Bertz CT molecular complexity index is 1570. The van der Waals surface area contributed by atoms with Crippen LogP contribution in [0.5, 0.6) is 0 Å². The number of amides is 3. The minimum atomic E-state index is -1.06. The molecule has 1 aromatic rings. The maximum Gasteiger partial charge on any atom is 0.327 e. The summed E-state index contributed by atoms with van der Waals surface area (Å²) in [6.07, 6.45) is 20.8. The molecule has 9 heteroatoms. The van der Waals surface area contributed by atoms with E-state index in [0.29, 0.717) is 12.0 Å². The van der Waals surface area contributed by atoms with E-state index >= 15 is 0 Å². The molecular weight excluding hydrogens is 671 g/mol. The van der Waals surface area contributed by atoms with Crippen molar-refractivity contribution in [2.24, 2.45) is 0 Å². The van der Waals surface area contributed by atoms with E-state index in [9.17, 15) is 24.3 Å². The Balaban J connectivity index is 1.42. The first-order valence-electron chi connectivity index (χ1n) is 18.7. The average molecular weight is 732 g/mol. The van der Waals surface area contributed by atoms with Crippen LogP contribution in [0.3, 0.4) is 0 Å². The van der Waals surface area contributed by atoms with Crippen molar-refractivity contribution in [1.82, 2.24) is 15.5 Å². The zero-order chi connectivity index (χ0) is 38.4. The number of carbonyl (C=O) groups is 4. The highest BCUT2D eigenvalue weighted by Gasteiger charge is 2.64. The average Bonchev–Trinajstić information content (AvgIpc) is 3.34. The second-order valence-electron chi connectivity index (χ2n) is 15.2. The molecule has 0 radical (unpaired) electrons. The largest absolute Gasteiger partial charge is 0.480 e. The van der Waals surface area contributed by atoms with Crippen LogP contribution in [0.4, 0.5) is 0 Å². The van der Waals surface area contributed by atoms with Crippen molar-refractivity contribution in [3.63, 3.8) is 0 Å². The van der Waals surface area contributed by atoms with E-state index in [-0.39, 0.29) is 12.3 Å². The molecule has 1 aromatic carbocycles. The molecule has 0 unspecified atom stereocenters. The normalized spacial score (nSPS) is 20.9. The van der Waals surface area contributed by atoms with Crippen LogP contribution in [0.1, 0.15) is 131 Å². The Morgan fingerprint density at radius 3 is 1.79 bits per heavy atom. The van der Waals surface area contributed by atoms with E-state index in [1.165, 1.54) is 39.0 Å². The fourth-order valence-corrected chi connectivity index (χ4v) is 8.25. The van der Waals surface area contributed by atoms with Crippen LogP contribution in [-0.2, 0) is 19.2 Å². The predicted molar refractivity (Wildman–Crippen MR) is 214 cm³/mol. The van der Waals surface area contributed by atoms with Crippen molar-refractivity contribution in [1.29, 1.82) is 0 Å². The number of nitrogens with one attached hydrogen (secondary N) is 2. The number of carbonyl (C=O) groups excluding carboxylic acids is 3. The van der Waals surface area contributed by atoms with Gasteiger partial charge in [0.25, 0.3) is 0 Å². The third-order valence-electron chi connectivity index (χ3n) is 9.73. The van der Waals surface area contributed by atoms with E-state index < -0.39 is 46.0 Å². The molecule has 4 atom stereocenters. The SMILES string of the molecule is CC(C)=CCC/C=C(\C)CC/C=C(\C)CC/C=C(\C)CC/C=C(\C)CCC(=O)N[C@H](C(=O)N[C@@H]1C(=O)N2[C@@H]1SC(C)(C)[C@@H]2C(=O)O)c1ccccc1. The zero-order valence-corrected chi connectivity index (χ0v) is 33.4. The maximum absolute atomic E-state index is 13.5. The molecule has 2 heterocycles.